The van der Waals surface area contributed by atoms with E-state index in [4.69, 9.17) is 0 Å². The van der Waals surface area contributed by atoms with Crippen molar-refractivity contribution in [3.63, 3.8) is 0 Å². The average Bonchev–Trinajstić information content (AvgIpc) is 2.19. The highest BCUT2D eigenvalue weighted by Crippen LogP contribution is 2.23. The largest absolute Gasteiger partial charge is 0.293 e. The molecule has 1 nitrogen and oxygen atoms in total. The van der Waals surface area contributed by atoms with Crippen molar-refractivity contribution < 1.29 is 4.79 Å². The molecule has 1 aromatic carbocycles. The van der Waals surface area contributed by atoms with Crippen LogP contribution in [0.4, 0.5) is 0 Å². The van der Waals surface area contributed by atoms with Gasteiger partial charge in [-0.2, -0.15) is 0 Å². The minimum absolute atomic E-state index is 0.113. The Labute approximate surface area is 100 Å². The second-order valence-electron chi connectivity index (χ2n) is 4.10. The number of carbonyl (C=O) groups is 1. The zero-order valence-corrected chi connectivity index (χ0v) is 11.5. The number of benzene rings is 1. The highest BCUT2D eigenvalue weighted by molar-refractivity contribution is 9.10. The van der Waals surface area contributed by atoms with Crippen LogP contribution >= 0.6 is 15.9 Å². The molecule has 2 heteroatoms. The van der Waals surface area contributed by atoms with Gasteiger partial charge in [0.1, 0.15) is 0 Å². The Morgan fingerprint density at radius 2 is 1.67 bits per heavy atom. The van der Waals surface area contributed by atoms with Crippen molar-refractivity contribution in [1.82, 2.24) is 0 Å². The molecule has 0 aliphatic carbocycles. The maximum atomic E-state index is 11.9. The molecule has 0 N–H and O–H groups in total. The maximum absolute atomic E-state index is 11.9. The molecule has 0 aromatic heterocycles. The molecule has 0 aliphatic rings. The van der Waals surface area contributed by atoms with Crippen LogP contribution < -0.4 is 0 Å². The van der Waals surface area contributed by atoms with Gasteiger partial charge in [-0.1, -0.05) is 15.9 Å². The van der Waals surface area contributed by atoms with E-state index in [1.165, 1.54) is 16.7 Å². The van der Waals surface area contributed by atoms with Crippen LogP contribution in [0.25, 0.3) is 0 Å². The smallest absolute Gasteiger partial charge is 0.176 e. The van der Waals surface area contributed by atoms with E-state index in [0.717, 1.165) is 11.1 Å². The zero-order chi connectivity index (χ0) is 11.7. The summed E-state index contributed by atoms with van der Waals surface area (Å²) < 4.78 is 0. The molecule has 1 rings (SSSR count). The van der Waals surface area contributed by atoms with Crippen LogP contribution in [0.3, 0.4) is 0 Å². The van der Waals surface area contributed by atoms with E-state index >= 15 is 0 Å². The molecule has 82 valence electrons. The fourth-order valence-electron chi connectivity index (χ4n) is 1.68. The van der Waals surface area contributed by atoms with E-state index in [2.05, 4.69) is 36.7 Å². The Morgan fingerprint density at radius 1 is 1.13 bits per heavy atom. The molecule has 0 spiro atoms. The first kappa shape index (κ1) is 12.4. The van der Waals surface area contributed by atoms with Crippen LogP contribution in [0, 0.1) is 27.7 Å². The first-order valence-electron chi connectivity index (χ1n) is 5.12. The first-order chi connectivity index (χ1) is 6.86. The molecule has 15 heavy (non-hydrogen) atoms. The summed E-state index contributed by atoms with van der Waals surface area (Å²) in [6, 6.07) is 2.00. The van der Waals surface area contributed by atoms with Crippen molar-refractivity contribution in [1.29, 1.82) is 0 Å². The number of aryl methyl sites for hydroxylation is 1. The maximum Gasteiger partial charge on any atom is 0.176 e. The highest BCUT2D eigenvalue weighted by atomic mass is 79.9. The van der Waals surface area contributed by atoms with Crippen LogP contribution in [0.5, 0.6) is 0 Å². The number of carbonyl (C=O) groups excluding carboxylic acids is 1. The summed E-state index contributed by atoms with van der Waals surface area (Å²) in [5.41, 5.74) is 5.65. The number of hydrogen-bond donors (Lipinski definition) is 0. The van der Waals surface area contributed by atoms with Crippen molar-refractivity contribution in [2.45, 2.75) is 39.4 Å². The van der Waals surface area contributed by atoms with Crippen molar-refractivity contribution in [3.05, 3.63) is 33.9 Å². The minimum atomic E-state index is -0.113. The Morgan fingerprint density at radius 3 is 2.13 bits per heavy atom. The molecular formula is C13H17BrO. The molecule has 0 bridgehead atoms. The fraction of sp³-hybridized carbons (Fsp3) is 0.462. The predicted molar refractivity (Wildman–Crippen MR) is 68.1 cm³/mol. The van der Waals surface area contributed by atoms with Crippen LogP contribution in [-0.4, -0.2) is 10.6 Å². The van der Waals surface area contributed by atoms with E-state index in [0.29, 0.717) is 0 Å². The predicted octanol–water partition coefficient (Wildman–Crippen LogP) is 3.89. The van der Waals surface area contributed by atoms with Gasteiger partial charge in [-0.05, 0) is 62.9 Å². The van der Waals surface area contributed by atoms with Crippen LogP contribution in [-0.2, 0) is 0 Å². The molecule has 1 atom stereocenters. The molecule has 0 saturated heterocycles. The van der Waals surface area contributed by atoms with Crippen molar-refractivity contribution >= 4 is 21.7 Å². The Bertz CT molecular complexity index is 405. The lowest BCUT2D eigenvalue weighted by atomic mass is 9.92. The van der Waals surface area contributed by atoms with Gasteiger partial charge in [0.25, 0.3) is 0 Å². The Balaban J connectivity index is 3.39. The van der Waals surface area contributed by atoms with Gasteiger partial charge in [-0.15, -0.1) is 0 Å². The molecule has 0 radical (unpaired) electrons. The van der Waals surface area contributed by atoms with E-state index in [9.17, 15) is 4.79 Å². The number of halogens is 1. The topological polar surface area (TPSA) is 17.1 Å². The third-order valence-electron chi connectivity index (χ3n) is 3.11. The minimum Gasteiger partial charge on any atom is -0.293 e. The molecule has 0 heterocycles. The number of alkyl halides is 1. The monoisotopic (exact) mass is 268 g/mol. The summed E-state index contributed by atoms with van der Waals surface area (Å²) >= 11 is 3.33. The lowest BCUT2D eigenvalue weighted by molar-refractivity contribution is 0.0995. The van der Waals surface area contributed by atoms with E-state index in [1.807, 2.05) is 19.9 Å². The summed E-state index contributed by atoms with van der Waals surface area (Å²) in [5, 5.41) is 0. The van der Waals surface area contributed by atoms with Gasteiger partial charge in [0.15, 0.2) is 5.78 Å². The molecule has 0 fully saturated rings. The summed E-state index contributed by atoms with van der Waals surface area (Å²) in [5.74, 6) is 0.165. The SMILES string of the molecule is Cc1cc(C(=O)C(C)Br)c(C)c(C)c1C. The second kappa shape index (κ2) is 4.48. The number of rotatable bonds is 2. The van der Waals surface area contributed by atoms with Gasteiger partial charge in [-0.3, -0.25) is 4.79 Å². The van der Waals surface area contributed by atoms with E-state index in [1.54, 1.807) is 0 Å². The summed E-state index contributed by atoms with van der Waals surface area (Å²) in [6.07, 6.45) is 0. The van der Waals surface area contributed by atoms with Crippen molar-refractivity contribution in [3.8, 4) is 0 Å². The van der Waals surface area contributed by atoms with Crippen LogP contribution in [0.15, 0.2) is 6.07 Å². The fourth-order valence-corrected chi connectivity index (χ4v) is 1.93. The Hall–Kier alpha value is -0.630. The quantitative estimate of drug-likeness (QED) is 0.588. The van der Waals surface area contributed by atoms with Crippen molar-refractivity contribution in [2.24, 2.45) is 0 Å². The standard InChI is InChI=1S/C13H17BrO/c1-7-6-12(13(15)11(5)14)10(4)9(3)8(7)2/h6,11H,1-5H3. The number of Topliss-reactive ketones (excluding diaryl/α,β-unsaturated/α-hetero) is 1. The molecular weight excluding hydrogens is 252 g/mol. The molecule has 1 aromatic rings. The van der Waals surface area contributed by atoms with E-state index in [-0.39, 0.29) is 10.6 Å². The molecule has 0 aliphatic heterocycles. The van der Waals surface area contributed by atoms with Crippen molar-refractivity contribution in [2.75, 3.05) is 0 Å². The average molecular weight is 269 g/mol. The molecule has 0 saturated carbocycles. The van der Waals surface area contributed by atoms with Gasteiger partial charge < -0.3 is 0 Å². The highest BCUT2D eigenvalue weighted by Gasteiger charge is 2.17. The number of ketones is 1. The van der Waals surface area contributed by atoms with Gasteiger partial charge >= 0.3 is 0 Å². The first-order valence-corrected chi connectivity index (χ1v) is 6.03. The van der Waals surface area contributed by atoms with Gasteiger partial charge in [0.05, 0.1) is 4.83 Å². The van der Waals surface area contributed by atoms with E-state index < -0.39 is 0 Å². The Kier molecular flexibility index (Phi) is 3.72. The number of hydrogen-bond acceptors (Lipinski definition) is 1. The van der Waals surface area contributed by atoms with Gasteiger partial charge in [0.2, 0.25) is 0 Å². The van der Waals surface area contributed by atoms with Gasteiger partial charge in [-0.25, -0.2) is 0 Å². The lowest BCUT2D eigenvalue weighted by Gasteiger charge is -2.14. The summed E-state index contributed by atoms with van der Waals surface area (Å²) in [7, 11) is 0. The van der Waals surface area contributed by atoms with Crippen LogP contribution in [0.1, 0.15) is 39.5 Å². The normalized spacial score (nSPS) is 12.7. The summed E-state index contributed by atoms with van der Waals surface area (Å²) in [4.78, 5) is 11.8. The molecule has 0 amide bonds. The van der Waals surface area contributed by atoms with Crippen LogP contribution in [0.2, 0.25) is 0 Å². The van der Waals surface area contributed by atoms with Gasteiger partial charge in [0, 0.05) is 5.56 Å². The third kappa shape index (κ3) is 2.31. The lowest BCUT2D eigenvalue weighted by Crippen LogP contribution is -2.13. The molecule has 1 unspecified atom stereocenters. The zero-order valence-electron chi connectivity index (χ0n) is 9.94. The third-order valence-corrected chi connectivity index (χ3v) is 3.52. The second-order valence-corrected chi connectivity index (χ2v) is 5.47. The summed E-state index contributed by atoms with van der Waals surface area (Å²) in [6.45, 7) is 10.1.